The molecule has 1 aromatic carbocycles. The summed E-state index contributed by atoms with van der Waals surface area (Å²) in [6.45, 7) is 2.07. The van der Waals surface area contributed by atoms with Gasteiger partial charge in [-0.05, 0) is 43.0 Å². The van der Waals surface area contributed by atoms with Gasteiger partial charge in [0.1, 0.15) is 0 Å². The number of aromatic nitrogens is 1. The third-order valence-electron chi connectivity index (χ3n) is 3.48. The van der Waals surface area contributed by atoms with Crippen molar-refractivity contribution in [2.75, 3.05) is 6.26 Å². The number of hydrogen-bond donors (Lipinski definition) is 0. The minimum atomic E-state index is 0.710. The van der Waals surface area contributed by atoms with Crippen LogP contribution >= 0.6 is 11.8 Å². The van der Waals surface area contributed by atoms with Gasteiger partial charge in [-0.3, -0.25) is 4.79 Å². The highest BCUT2D eigenvalue weighted by molar-refractivity contribution is 7.98. The highest BCUT2D eigenvalue weighted by Crippen LogP contribution is 2.34. The monoisotopic (exact) mass is 281 g/mol. The van der Waals surface area contributed by atoms with Crippen molar-refractivity contribution in [1.29, 1.82) is 0 Å². The Balaban J connectivity index is 2.34. The second-order valence-corrected chi connectivity index (χ2v) is 5.61. The van der Waals surface area contributed by atoms with Crippen molar-refractivity contribution in [1.82, 2.24) is 4.40 Å². The van der Waals surface area contributed by atoms with E-state index in [0.717, 1.165) is 22.9 Å². The Kier molecular flexibility index (Phi) is 3.36. The fourth-order valence-electron chi connectivity index (χ4n) is 2.51. The van der Waals surface area contributed by atoms with Crippen LogP contribution in [0.25, 0.3) is 16.6 Å². The van der Waals surface area contributed by atoms with Gasteiger partial charge >= 0.3 is 0 Å². The highest BCUT2D eigenvalue weighted by Gasteiger charge is 2.14. The third kappa shape index (κ3) is 2.04. The van der Waals surface area contributed by atoms with Crippen LogP contribution in [0.15, 0.2) is 53.6 Å². The number of aryl methyl sites for hydroxylation is 1. The topological polar surface area (TPSA) is 21.5 Å². The molecule has 100 valence electrons. The minimum Gasteiger partial charge on any atom is -0.314 e. The molecule has 3 rings (SSSR count). The molecule has 2 aromatic heterocycles. The summed E-state index contributed by atoms with van der Waals surface area (Å²) in [5.74, 6) is 0. The Labute approximate surface area is 122 Å². The lowest BCUT2D eigenvalue weighted by Crippen LogP contribution is -1.92. The van der Waals surface area contributed by atoms with Gasteiger partial charge in [0.2, 0.25) is 0 Å². The molecule has 0 N–H and O–H groups in total. The van der Waals surface area contributed by atoms with Crippen LogP contribution in [0.3, 0.4) is 0 Å². The molecule has 20 heavy (non-hydrogen) atoms. The van der Waals surface area contributed by atoms with Crippen molar-refractivity contribution >= 4 is 23.6 Å². The summed E-state index contributed by atoms with van der Waals surface area (Å²) >= 11 is 1.70. The smallest absolute Gasteiger partial charge is 0.167 e. The number of nitrogens with zero attached hydrogens (tertiary/aromatic N) is 1. The van der Waals surface area contributed by atoms with E-state index >= 15 is 0 Å². The average molecular weight is 281 g/mol. The molecule has 0 bridgehead atoms. The number of hydrogen-bond acceptors (Lipinski definition) is 2. The van der Waals surface area contributed by atoms with Gasteiger partial charge in [0.25, 0.3) is 0 Å². The van der Waals surface area contributed by atoms with Crippen molar-refractivity contribution in [2.45, 2.75) is 11.8 Å². The van der Waals surface area contributed by atoms with E-state index in [4.69, 9.17) is 0 Å². The zero-order chi connectivity index (χ0) is 14.1. The Hall–Kier alpha value is -2.00. The van der Waals surface area contributed by atoms with Gasteiger partial charge in [-0.15, -0.1) is 11.8 Å². The number of rotatable bonds is 3. The van der Waals surface area contributed by atoms with Gasteiger partial charge in [-0.1, -0.05) is 23.8 Å². The summed E-state index contributed by atoms with van der Waals surface area (Å²) < 4.78 is 1.94. The largest absolute Gasteiger partial charge is 0.314 e. The molecule has 0 saturated heterocycles. The molecular formula is C17H15NOS. The molecule has 0 unspecified atom stereocenters. The van der Waals surface area contributed by atoms with Gasteiger partial charge < -0.3 is 4.40 Å². The predicted octanol–water partition coefficient (Wildman–Crippen LogP) is 4.45. The van der Waals surface area contributed by atoms with E-state index in [2.05, 4.69) is 37.4 Å². The molecule has 2 nitrogen and oxygen atoms in total. The molecular weight excluding hydrogens is 266 g/mol. The first-order valence-electron chi connectivity index (χ1n) is 6.45. The van der Waals surface area contributed by atoms with Crippen molar-refractivity contribution in [3.05, 3.63) is 59.9 Å². The van der Waals surface area contributed by atoms with Crippen LogP contribution < -0.4 is 0 Å². The summed E-state index contributed by atoms with van der Waals surface area (Å²) in [5.41, 5.74) is 5.08. The lowest BCUT2D eigenvalue weighted by atomic mass is 10.0. The fraction of sp³-hybridized carbons (Fsp3) is 0.118. The predicted molar refractivity (Wildman–Crippen MR) is 84.7 cm³/mol. The highest BCUT2D eigenvalue weighted by atomic mass is 32.2. The second-order valence-electron chi connectivity index (χ2n) is 4.76. The van der Waals surface area contributed by atoms with Crippen molar-refractivity contribution in [3.63, 3.8) is 0 Å². The molecule has 3 aromatic rings. The zero-order valence-electron chi connectivity index (χ0n) is 11.5. The maximum atomic E-state index is 11.5. The van der Waals surface area contributed by atoms with Crippen LogP contribution in [0.2, 0.25) is 0 Å². The van der Waals surface area contributed by atoms with Crippen LogP contribution in [0, 0.1) is 6.92 Å². The van der Waals surface area contributed by atoms with Gasteiger partial charge in [0, 0.05) is 22.2 Å². The Bertz CT molecular complexity index is 789. The van der Waals surface area contributed by atoms with E-state index in [1.165, 1.54) is 10.5 Å². The molecule has 0 aliphatic rings. The maximum Gasteiger partial charge on any atom is 0.167 e. The van der Waals surface area contributed by atoms with Crippen LogP contribution in [-0.2, 0) is 0 Å². The number of carbonyl (C=O) groups excluding carboxylic acids is 1. The Morgan fingerprint density at radius 2 is 1.95 bits per heavy atom. The first kappa shape index (κ1) is 13.0. The quantitative estimate of drug-likeness (QED) is 0.522. The first-order chi connectivity index (χ1) is 9.74. The van der Waals surface area contributed by atoms with Crippen molar-refractivity contribution < 1.29 is 4.79 Å². The van der Waals surface area contributed by atoms with E-state index in [0.29, 0.717) is 5.69 Å². The summed E-state index contributed by atoms with van der Waals surface area (Å²) in [7, 11) is 0. The van der Waals surface area contributed by atoms with E-state index in [-0.39, 0.29) is 0 Å². The van der Waals surface area contributed by atoms with Crippen LogP contribution in [0.4, 0.5) is 0 Å². The molecule has 2 heterocycles. The van der Waals surface area contributed by atoms with E-state index in [9.17, 15) is 4.79 Å². The number of fused-ring (bicyclic) bond motifs is 1. The zero-order valence-corrected chi connectivity index (χ0v) is 12.3. The standard InChI is InChI=1S/C17H15NOS/c1-12-6-7-17(20-2)15(9-12)14-10-13-5-3-4-8-18(13)16(14)11-19/h3-11H,1-2H3. The SMILES string of the molecule is CSc1ccc(C)cc1-c1cc2ccccn2c1C=O. The number of aldehydes is 1. The Morgan fingerprint density at radius 1 is 1.10 bits per heavy atom. The number of thioether (sulfide) groups is 1. The third-order valence-corrected chi connectivity index (χ3v) is 4.27. The molecule has 0 aliphatic carbocycles. The molecule has 0 saturated carbocycles. The van der Waals surface area contributed by atoms with E-state index in [1.807, 2.05) is 28.8 Å². The van der Waals surface area contributed by atoms with Crippen LogP contribution in [-0.4, -0.2) is 16.9 Å². The van der Waals surface area contributed by atoms with Crippen LogP contribution in [0.5, 0.6) is 0 Å². The summed E-state index contributed by atoms with van der Waals surface area (Å²) in [4.78, 5) is 12.7. The van der Waals surface area contributed by atoms with Crippen LogP contribution in [0.1, 0.15) is 16.1 Å². The van der Waals surface area contributed by atoms with Crippen molar-refractivity contribution in [2.24, 2.45) is 0 Å². The maximum absolute atomic E-state index is 11.5. The van der Waals surface area contributed by atoms with E-state index in [1.54, 1.807) is 11.8 Å². The minimum absolute atomic E-state index is 0.710. The first-order valence-corrected chi connectivity index (χ1v) is 7.67. The van der Waals surface area contributed by atoms with Crippen molar-refractivity contribution in [3.8, 4) is 11.1 Å². The molecule has 3 heteroatoms. The summed E-state index contributed by atoms with van der Waals surface area (Å²) in [6, 6.07) is 14.4. The lowest BCUT2D eigenvalue weighted by Gasteiger charge is -2.08. The number of carbonyl (C=O) groups is 1. The molecule has 0 aliphatic heterocycles. The van der Waals surface area contributed by atoms with Gasteiger partial charge in [0.15, 0.2) is 6.29 Å². The average Bonchev–Trinajstić information content (AvgIpc) is 2.85. The van der Waals surface area contributed by atoms with Gasteiger partial charge in [0.05, 0.1) is 5.69 Å². The number of pyridine rings is 1. The number of benzene rings is 1. The molecule has 0 atom stereocenters. The Morgan fingerprint density at radius 3 is 2.70 bits per heavy atom. The lowest BCUT2D eigenvalue weighted by molar-refractivity contribution is 0.111. The second kappa shape index (κ2) is 5.17. The van der Waals surface area contributed by atoms with Gasteiger partial charge in [-0.2, -0.15) is 0 Å². The van der Waals surface area contributed by atoms with E-state index < -0.39 is 0 Å². The summed E-state index contributed by atoms with van der Waals surface area (Å²) in [5, 5.41) is 0. The fourth-order valence-corrected chi connectivity index (χ4v) is 3.11. The molecule has 0 radical (unpaired) electrons. The van der Waals surface area contributed by atoms with Gasteiger partial charge in [-0.25, -0.2) is 0 Å². The molecule has 0 fully saturated rings. The normalized spacial score (nSPS) is 10.9. The molecule has 0 amide bonds. The molecule has 0 spiro atoms. The summed E-state index contributed by atoms with van der Waals surface area (Å²) in [6.07, 6.45) is 4.93.